The average Bonchev–Trinajstić information content (AvgIpc) is 3.32. The number of guanidine groups is 1. The molecule has 2 aliphatic rings. The summed E-state index contributed by atoms with van der Waals surface area (Å²) in [4.78, 5) is 19.6. The number of aryl methyl sites for hydroxylation is 3. The number of hydrogen-bond acceptors (Lipinski definition) is 2. The number of benzene rings is 1. The first-order chi connectivity index (χ1) is 13.5. The lowest BCUT2D eigenvalue weighted by molar-refractivity contribution is -0.134. The maximum Gasteiger partial charge on any atom is 0.225 e. The van der Waals surface area contributed by atoms with Crippen LogP contribution in [0, 0.1) is 26.7 Å². The van der Waals surface area contributed by atoms with Gasteiger partial charge in [-0.05, 0) is 63.6 Å². The Hall–Kier alpha value is -2.04. The molecular formula is C23H36N4O. The van der Waals surface area contributed by atoms with Gasteiger partial charge < -0.3 is 15.5 Å². The van der Waals surface area contributed by atoms with E-state index >= 15 is 0 Å². The van der Waals surface area contributed by atoms with Gasteiger partial charge in [-0.2, -0.15) is 0 Å². The van der Waals surface area contributed by atoms with Gasteiger partial charge in [0.1, 0.15) is 0 Å². The molecule has 1 heterocycles. The van der Waals surface area contributed by atoms with E-state index in [1.807, 2.05) is 0 Å². The molecule has 0 bridgehead atoms. The van der Waals surface area contributed by atoms with Crippen LogP contribution in [0.3, 0.4) is 0 Å². The van der Waals surface area contributed by atoms with Gasteiger partial charge in [0.2, 0.25) is 5.91 Å². The van der Waals surface area contributed by atoms with E-state index in [1.165, 1.54) is 35.1 Å². The summed E-state index contributed by atoms with van der Waals surface area (Å²) in [5.41, 5.74) is 5.19. The summed E-state index contributed by atoms with van der Waals surface area (Å²) in [6.45, 7) is 11.7. The lowest BCUT2D eigenvalue weighted by Crippen LogP contribution is -2.45. The van der Waals surface area contributed by atoms with Crippen molar-refractivity contribution in [3.8, 4) is 0 Å². The number of nitrogens with zero attached hydrogens (tertiary/aromatic N) is 2. The third kappa shape index (κ3) is 5.06. The molecule has 3 rings (SSSR count). The zero-order valence-corrected chi connectivity index (χ0v) is 18.0. The molecule has 1 aromatic rings. The second kappa shape index (κ2) is 9.44. The molecule has 2 fully saturated rings. The maximum absolute atomic E-state index is 12.7. The van der Waals surface area contributed by atoms with Crippen molar-refractivity contribution in [2.24, 2.45) is 10.9 Å². The topological polar surface area (TPSA) is 56.7 Å². The van der Waals surface area contributed by atoms with Crippen LogP contribution in [-0.4, -0.2) is 42.4 Å². The van der Waals surface area contributed by atoms with E-state index in [0.29, 0.717) is 12.5 Å². The van der Waals surface area contributed by atoms with Gasteiger partial charge in [0.05, 0.1) is 6.54 Å². The van der Waals surface area contributed by atoms with Crippen molar-refractivity contribution >= 4 is 11.9 Å². The van der Waals surface area contributed by atoms with Gasteiger partial charge in [-0.25, -0.2) is 4.99 Å². The van der Waals surface area contributed by atoms with Crippen molar-refractivity contribution in [1.29, 1.82) is 0 Å². The number of carbonyl (C=O) groups is 1. The quantitative estimate of drug-likeness (QED) is 0.604. The molecule has 0 aromatic heterocycles. The molecule has 1 aliphatic heterocycles. The van der Waals surface area contributed by atoms with E-state index in [-0.39, 0.29) is 12.0 Å². The predicted octanol–water partition coefficient (Wildman–Crippen LogP) is 3.46. The molecule has 28 heavy (non-hydrogen) atoms. The molecule has 1 aromatic carbocycles. The van der Waals surface area contributed by atoms with Gasteiger partial charge in [-0.1, -0.05) is 30.5 Å². The van der Waals surface area contributed by atoms with Gasteiger partial charge in [-0.15, -0.1) is 0 Å². The summed E-state index contributed by atoms with van der Waals surface area (Å²) >= 11 is 0. The van der Waals surface area contributed by atoms with Crippen LogP contribution in [0.1, 0.15) is 61.3 Å². The fourth-order valence-electron chi connectivity index (χ4n) is 4.64. The van der Waals surface area contributed by atoms with E-state index in [2.05, 4.69) is 55.4 Å². The van der Waals surface area contributed by atoms with Crippen LogP contribution in [-0.2, 0) is 11.3 Å². The average molecular weight is 385 g/mol. The fraction of sp³-hybridized carbons (Fsp3) is 0.652. The molecule has 0 spiro atoms. The monoisotopic (exact) mass is 384 g/mol. The zero-order valence-electron chi connectivity index (χ0n) is 18.0. The van der Waals surface area contributed by atoms with Gasteiger partial charge in [0.15, 0.2) is 5.96 Å². The Labute approximate surface area is 170 Å². The lowest BCUT2D eigenvalue weighted by Gasteiger charge is -2.21. The van der Waals surface area contributed by atoms with Crippen LogP contribution in [0.5, 0.6) is 0 Å². The Morgan fingerprint density at radius 3 is 2.46 bits per heavy atom. The first kappa shape index (κ1) is 20.7. The number of likely N-dealkylation sites (tertiary alicyclic amines) is 1. The van der Waals surface area contributed by atoms with Crippen LogP contribution < -0.4 is 10.6 Å². The zero-order chi connectivity index (χ0) is 20.1. The van der Waals surface area contributed by atoms with Crippen LogP contribution in [0.4, 0.5) is 0 Å². The molecule has 1 saturated carbocycles. The second-order valence-electron chi connectivity index (χ2n) is 8.47. The predicted molar refractivity (Wildman–Crippen MR) is 116 cm³/mol. The number of hydrogen-bond donors (Lipinski definition) is 2. The molecule has 1 amide bonds. The summed E-state index contributed by atoms with van der Waals surface area (Å²) in [5.74, 6) is 1.49. The molecule has 1 aliphatic carbocycles. The molecule has 154 valence electrons. The van der Waals surface area contributed by atoms with Crippen molar-refractivity contribution in [2.45, 2.75) is 72.4 Å². The molecule has 1 atom stereocenters. The first-order valence-corrected chi connectivity index (χ1v) is 10.9. The summed E-state index contributed by atoms with van der Waals surface area (Å²) in [6, 6.07) is 4.73. The number of rotatable bonds is 5. The standard InChI is InChI=1S/C23H36N4O/c1-5-24-23(25-14-21-17(3)12-16(2)13-18(21)4)26-20-10-11-27(15-20)22(28)19-8-6-7-9-19/h12-13,19-20H,5-11,14-15H2,1-4H3,(H2,24,25,26). The molecule has 2 N–H and O–H groups in total. The van der Waals surface area contributed by atoms with E-state index in [9.17, 15) is 4.79 Å². The summed E-state index contributed by atoms with van der Waals surface area (Å²) < 4.78 is 0. The number of aliphatic imine (C=N–C) groups is 1. The van der Waals surface area contributed by atoms with Gasteiger partial charge >= 0.3 is 0 Å². The Morgan fingerprint density at radius 2 is 1.82 bits per heavy atom. The SMILES string of the molecule is CCNC(=NCc1c(C)cc(C)cc1C)NC1CCN(C(=O)C2CCCC2)C1. The van der Waals surface area contributed by atoms with Crippen LogP contribution in [0.2, 0.25) is 0 Å². The van der Waals surface area contributed by atoms with Crippen molar-refractivity contribution in [1.82, 2.24) is 15.5 Å². The Bertz CT molecular complexity index is 698. The molecule has 1 unspecified atom stereocenters. The van der Waals surface area contributed by atoms with Crippen molar-refractivity contribution in [2.75, 3.05) is 19.6 Å². The van der Waals surface area contributed by atoms with Crippen LogP contribution in [0.25, 0.3) is 0 Å². The van der Waals surface area contributed by atoms with Crippen LogP contribution in [0.15, 0.2) is 17.1 Å². The lowest BCUT2D eigenvalue weighted by atomic mass is 10.00. The maximum atomic E-state index is 12.7. The highest BCUT2D eigenvalue weighted by molar-refractivity contribution is 5.81. The van der Waals surface area contributed by atoms with E-state index < -0.39 is 0 Å². The van der Waals surface area contributed by atoms with Crippen molar-refractivity contribution in [3.05, 3.63) is 34.4 Å². The van der Waals surface area contributed by atoms with Gasteiger partial charge in [0, 0.05) is 31.6 Å². The minimum Gasteiger partial charge on any atom is -0.357 e. The number of nitrogens with one attached hydrogen (secondary N) is 2. The normalized spacial score (nSPS) is 20.6. The largest absolute Gasteiger partial charge is 0.357 e. The number of amides is 1. The Balaban J connectivity index is 1.60. The van der Waals surface area contributed by atoms with E-state index in [4.69, 9.17) is 4.99 Å². The highest BCUT2D eigenvalue weighted by Crippen LogP contribution is 2.27. The third-order valence-electron chi connectivity index (χ3n) is 6.13. The third-order valence-corrected chi connectivity index (χ3v) is 6.13. The van der Waals surface area contributed by atoms with Crippen molar-refractivity contribution in [3.63, 3.8) is 0 Å². The summed E-state index contributed by atoms with van der Waals surface area (Å²) in [6.07, 6.45) is 5.56. The Morgan fingerprint density at radius 1 is 1.14 bits per heavy atom. The van der Waals surface area contributed by atoms with Crippen molar-refractivity contribution < 1.29 is 4.79 Å². The highest BCUT2D eigenvalue weighted by atomic mass is 16.2. The second-order valence-corrected chi connectivity index (χ2v) is 8.47. The highest BCUT2D eigenvalue weighted by Gasteiger charge is 2.32. The van der Waals surface area contributed by atoms with Crippen LogP contribution >= 0.6 is 0 Å². The Kier molecular flexibility index (Phi) is 6.97. The fourth-order valence-corrected chi connectivity index (χ4v) is 4.64. The molecule has 5 heteroatoms. The summed E-state index contributed by atoms with van der Waals surface area (Å²) in [7, 11) is 0. The smallest absolute Gasteiger partial charge is 0.225 e. The minimum atomic E-state index is 0.271. The summed E-state index contributed by atoms with van der Waals surface area (Å²) in [5, 5.41) is 6.92. The number of carbonyl (C=O) groups excluding carboxylic acids is 1. The molecule has 1 saturated heterocycles. The molecule has 0 radical (unpaired) electrons. The van der Waals surface area contributed by atoms with E-state index in [0.717, 1.165) is 44.9 Å². The van der Waals surface area contributed by atoms with Gasteiger partial charge in [0.25, 0.3) is 0 Å². The minimum absolute atomic E-state index is 0.271. The van der Waals surface area contributed by atoms with E-state index in [1.54, 1.807) is 0 Å². The first-order valence-electron chi connectivity index (χ1n) is 10.9. The molecular weight excluding hydrogens is 348 g/mol. The van der Waals surface area contributed by atoms with Gasteiger partial charge in [-0.3, -0.25) is 4.79 Å². The molecule has 5 nitrogen and oxygen atoms in total.